The molecule has 7 nitrogen and oxygen atoms in total. The van der Waals surface area contributed by atoms with Crippen LogP contribution in [0, 0.1) is 0 Å². The lowest BCUT2D eigenvalue weighted by Gasteiger charge is -2.27. The maximum absolute atomic E-state index is 13.8. The van der Waals surface area contributed by atoms with Crippen molar-refractivity contribution in [2.75, 3.05) is 21.0 Å². The molecule has 4 heterocycles. The Labute approximate surface area is 198 Å². The normalized spacial score (nSPS) is 13.7. The van der Waals surface area contributed by atoms with E-state index in [1.807, 2.05) is 28.8 Å². The Hall–Kier alpha value is -3.23. The highest BCUT2D eigenvalue weighted by atomic mass is 35.5. The summed E-state index contributed by atoms with van der Waals surface area (Å²) in [5.41, 5.74) is 3.88. The molecule has 0 aliphatic carbocycles. The molecule has 2 aromatic carbocycles. The maximum Gasteiger partial charge on any atom is 0.262 e. The zero-order valence-corrected chi connectivity index (χ0v) is 19.5. The van der Waals surface area contributed by atoms with Crippen molar-refractivity contribution in [1.29, 1.82) is 0 Å². The first-order chi connectivity index (χ1) is 16.1. The van der Waals surface area contributed by atoms with Crippen molar-refractivity contribution in [1.82, 2.24) is 9.55 Å². The quantitative estimate of drug-likeness (QED) is 0.421. The molecule has 0 spiro atoms. The molecule has 2 aliphatic heterocycles. The number of nitrogens with zero attached hydrogens (tertiary/aromatic N) is 2. The Morgan fingerprint density at radius 1 is 1.18 bits per heavy atom. The molecule has 0 N–H and O–H groups in total. The van der Waals surface area contributed by atoms with Gasteiger partial charge in [-0.05, 0) is 47.2 Å². The number of halogens is 1. The molecule has 2 aliphatic rings. The van der Waals surface area contributed by atoms with Crippen molar-refractivity contribution in [3.05, 3.63) is 61.3 Å². The molecule has 168 valence electrons. The Morgan fingerprint density at radius 2 is 2.00 bits per heavy atom. The second-order valence-corrected chi connectivity index (χ2v) is 9.57. The van der Waals surface area contributed by atoms with Crippen LogP contribution in [0.25, 0.3) is 22.0 Å². The van der Waals surface area contributed by atoms with Gasteiger partial charge in [-0.25, -0.2) is 4.98 Å². The van der Waals surface area contributed by atoms with Crippen molar-refractivity contribution in [3.63, 3.8) is 0 Å². The van der Waals surface area contributed by atoms with Gasteiger partial charge in [0.2, 0.25) is 6.79 Å². The second-order valence-electron chi connectivity index (χ2n) is 7.88. The highest BCUT2D eigenvalue weighted by molar-refractivity contribution is 7.15. The van der Waals surface area contributed by atoms with Crippen LogP contribution in [0.5, 0.6) is 23.0 Å². The van der Waals surface area contributed by atoms with E-state index in [4.69, 9.17) is 30.5 Å². The molecule has 0 atom stereocenters. The summed E-state index contributed by atoms with van der Waals surface area (Å²) in [6.07, 6.45) is 3.06. The summed E-state index contributed by atoms with van der Waals surface area (Å²) in [7, 11) is 3.12. The lowest BCUT2D eigenvalue weighted by Crippen LogP contribution is -2.28. The van der Waals surface area contributed by atoms with E-state index in [9.17, 15) is 4.79 Å². The summed E-state index contributed by atoms with van der Waals surface area (Å²) in [5, 5.41) is 1.33. The molecule has 0 amide bonds. The van der Waals surface area contributed by atoms with Gasteiger partial charge in [-0.15, -0.1) is 11.3 Å². The zero-order valence-electron chi connectivity index (χ0n) is 17.9. The number of benzene rings is 2. The summed E-state index contributed by atoms with van der Waals surface area (Å²) >= 11 is 7.56. The van der Waals surface area contributed by atoms with Gasteiger partial charge in [0.25, 0.3) is 5.56 Å². The van der Waals surface area contributed by atoms with Crippen molar-refractivity contribution >= 4 is 33.7 Å². The number of aryl methyl sites for hydroxylation is 1. The number of hydrogen-bond donors (Lipinski definition) is 0. The fourth-order valence-corrected chi connectivity index (χ4v) is 5.79. The molecule has 0 saturated carbocycles. The molecule has 0 saturated heterocycles. The molecule has 9 heteroatoms. The van der Waals surface area contributed by atoms with Crippen LogP contribution >= 0.6 is 22.9 Å². The second kappa shape index (κ2) is 7.67. The first kappa shape index (κ1) is 20.4. The first-order valence-corrected chi connectivity index (χ1v) is 11.6. The van der Waals surface area contributed by atoms with Crippen molar-refractivity contribution in [2.45, 2.75) is 19.4 Å². The molecule has 2 aromatic heterocycles. The minimum Gasteiger partial charge on any atom is -0.493 e. The van der Waals surface area contributed by atoms with E-state index < -0.39 is 0 Å². The van der Waals surface area contributed by atoms with Crippen LogP contribution in [-0.4, -0.2) is 30.6 Å². The van der Waals surface area contributed by atoms with Gasteiger partial charge in [0.15, 0.2) is 27.5 Å². The van der Waals surface area contributed by atoms with Gasteiger partial charge in [-0.2, -0.15) is 0 Å². The lowest BCUT2D eigenvalue weighted by atomic mass is 9.89. The van der Waals surface area contributed by atoms with Crippen LogP contribution in [0.4, 0.5) is 0 Å². The smallest absolute Gasteiger partial charge is 0.262 e. The Morgan fingerprint density at radius 3 is 2.73 bits per heavy atom. The number of hydrogen-bond acceptors (Lipinski definition) is 7. The van der Waals surface area contributed by atoms with Gasteiger partial charge in [-0.1, -0.05) is 11.6 Å². The van der Waals surface area contributed by atoms with E-state index in [1.54, 1.807) is 20.4 Å². The third kappa shape index (κ3) is 3.08. The van der Waals surface area contributed by atoms with Gasteiger partial charge in [0.05, 0.1) is 25.3 Å². The summed E-state index contributed by atoms with van der Waals surface area (Å²) in [4.78, 5) is 19.0. The molecular formula is C24H19ClN2O5S. The largest absolute Gasteiger partial charge is 0.493 e. The highest BCUT2D eigenvalue weighted by Crippen LogP contribution is 2.45. The lowest BCUT2D eigenvalue weighted by molar-refractivity contribution is 0.174. The topological polar surface area (TPSA) is 71.8 Å². The Bertz CT molecular complexity index is 1490. The summed E-state index contributed by atoms with van der Waals surface area (Å²) in [6.45, 7) is 0.750. The maximum atomic E-state index is 13.8. The van der Waals surface area contributed by atoms with E-state index in [0.717, 1.165) is 38.4 Å². The Balaban J connectivity index is 1.71. The molecule has 33 heavy (non-hydrogen) atoms. The van der Waals surface area contributed by atoms with E-state index in [-0.39, 0.29) is 12.4 Å². The van der Waals surface area contributed by atoms with Crippen LogP contribution in [0.3, 0.4) is 0 Å². The van der Waals surface area contributed by atoms with Gasteiger partial charge in [0.1, 0.15) is 0 Å². The fraction of sp³-hybridized carbons (Fsp3) is 0.250. The molecule has 0 unspecified atom stereocenters. The number of rotatable bonds is 4. The van der Waals surface area contributed by atoms with E-state index in [1.165, 1.54) is 11.3 Å². The van der Waals surface area contributed by atoms with Crippen LogP contribution in [0.15, 0.2) is 35.3 Å². The van der Waals surface area contributed by atoms with Crippen molar-refractivity contribution in [3.8, 4) is 34.3 Å². The molecule has 0 bridgehead atoms. The average molecular weight is 483 g/mol. The number of aromatic nitrogens is 2. The van der Waals surface area contributed by atoms with E-state index in [0.29, 0.717) is 46.5 Å². The van der Waals surface area contributed by atoms with Crippen LogP contribution < -0.4 is 24.5 Å². The number of thiazole rings is 1. The predicted octanol–water partition coefficient (Wildman–Crippen LogP) is 4.67. The van der Waals surface area contributed by atoms with Gasteiger partial charge < -0.3 is 23.5 Å². The standard InChI is InChI=1S/C24H19ClN2O5S/c1-29-17-4-3-14-16(8-13-10-26-24(25)33-13)21-15-9-19-18(31-11-32-19)7-12(15)5-6-27(21)23(28)20(14)22(17)30-2/h3-4,7,9-10H,5-6,8,11H2,1-2H3. The fourth-order valence-electron chi connectivity index (χ4n) is 4.80. The van der Waals surface area contributed by atoms with Crippen LogP contribution in [-0.2, 0) is 19.4 Å². The number of fused-ring (bicyclic) bond motifs is 5. The molecule has 6 rings (SSSR count). The highest BCUT2D eigenvalue weighted by Gasteiger charge is 2.29. The monoisotopic (exact) mass is 482 g/mol. The van der Waals surface area contributed by atoms with Gasteiger partial charge in [0, 0.05) is 29.6 Å². The number of methoxy groups -OCH3 is 2. The molecular weight excluding hydrogens is 464 g/mol. The first-order valence-electron chi connectivity index (χ1n) is 10.4. The summed E-state index contributed by atoms with van der Waals surface area (Å²) in [6, 6.07) is 7.78. The van der Waals surface area contributed by atoms with Gasteiger partial charge in [-0.3, -0.25) is 4.79 Å². The number of ether oxygens (including phenoxy) is 4. The Kier molecular flexibility index (Phi) is 4.74. The third-order valence-electron chi connectivity index (χ3n) is 6.22. The van der Waals surface area contributed by atoms with Crippen LogP contribution in [0.2, 0.25) is 4.47 Å². The van der Waals surface area contributed by atoms with Gasteiger partial charge >= 0.3 is 0 Å². The molecule has 0 radical (unpaired) electrons. The summed E-state index contributed by atoms with van der Waals surface area (Å²) in [5.74, 6) is 2.39. The van der Waals surface area contributed by atoms with E-state index in [2.05, 4.69) is 4.98 Å². The van der Waals surface area contributed by atoms with Crippen molar-refractivity contribution < 1.29 is 18.9 Å². The number of pyridine rings is 1. The van der Waals surface area contributed by atoms with E-state index >= 15 is 0 Å². The predicted molar refractivity (Wildman–Crippen MR) is 127 cm³/mol. The summed E-state index contributed by atoms with van der Waals surface area (Å²) < 4.78 is 24.7. The molecule has 4 aromatic rings. The zero-order chi connectivity index (χ0) is 22.7. The van der Waals surface area contributed by atoms with Crippen molar-refractivity contribution in [2.24, 2.45) is 0 Å². The third-order valence-corrected chi connectivity index (χ3v) is 7.33. The minimum atomic E-state index is -0.106. The van der Waals surface area contributed by atoms with Crippen LogP contribution in [0.1, 0.15) is 16.0 Å². The molecule has 0 fully saturated rings. The average Bonchev–Trinajstić information content (AvgIpc) is 3.46. The SMILES string of the molecule is COc1ccc2c(Cc3cnc(Cl)s3)c3n(c(=O)c2c1OC)CCc1cc2c(cc1-3)OCO2. The minimum absolute atomic E-state index is 0.106.